The fourth-order valence-electron chi connectivity index (χ4n) is 1.08. The van der Waals surface area contributed by atoms with Gasteiger partial charge in [-0.1, -0.05) is 12.2 Å². The van der Waals surface area contributed by atoms with Gasteiger partial charge >= 0.3 is 0 Å². The summed E-state index contributed by atoms with van der Waals surface area (Å²) in [6.07, 6.45) is 1.42. The zero-order valence-electron chi connectivity index (χ0n) is 8.11. The van der Waals surface area contributed by atoms with Crippen molar-refractivity contribution in [2.45, 2.75) is 6.92 Å². The molecule has 0 saturated carbocycles. The standard InChI is InChI=1S/C9H12N2O2S/c1-6-3-7(5-13-6)9(12)11(2)4-8(10)14/h3,5H,4H2,1-2H3,(H2,10,14). The highest BCUT2D eigenvalue weighted by Gasteiger charge is 2.13. The van der Waals surface area contributed by atoms with Crippen molar-refractivity contribution in [1.82, 2.24) is 4.90 Å². The minimum absolute atomic E-state index is 0.144. The first-order chi connectivity index (χ1) is 6.50. The molecule has 2 N–H and O–H groups in total. The Balaban J connectivity index is 2.70. The first-order valence-electron chi connectivity index (χ1n) is 4.09. The fraction of sp³-hybridized carbons (Fsp3) is 0.333. The molecule has 4 nitrogen and oxygen atoms in total. The second-order valence-electron chi connectivity index (χ2n) is 3.07. The van der Waals surface area contributed by atoms with Crippen LogP contribution in [0.25, 0.3) is 0 Å². The van der Waals surface area contributed by atoms with Crippen LogP contribution < -0.4 is 5.73 Å². The number of amides is 1. The van der Waals surface area contributed by atoms with Gasteiger partial charge in [-0.15, -0.1) is 0 Å². The number of aryl methyl sites for hydroxylation is 1. The van der Waals surface area contributed by atoms with Crippen LogP contribution in [0.1, 0.15) is 16.1 Å². The third kappa shape index (κ3) is 2.56. The van der Waals surface area contributed by atoms with Gasteiger partial charge in [0.25, 0.3) is 5.91 Å². The monoisotopic (exact) mass is 212 g/mol. The molecular formula is C9H12N2O2S. The van der Waals surface area contributed by atoms with Gasteiger partial charge in [-0.3, -0.25) is 4.79 Å². The Morgan fingerprint density at radius 3 is 2.79 bits per heavy atom. The number of nitrogens with two attached hydrogens (primary N) is 1. The van der Waals surface area contributed by atoms with Crippen LogP contribution in [0.3, 0.4) is 0 Å². The zero-order valence-corrected chi connectivity index (χ0v) is 8.93. The van der Waals surface area contributed by atoms with Gasteiger partial charge in [-0.25, -0.2) is 0 Å². The van der Waals surface area contributed by atoms with Crippen molar-refractivity contribution < 1.29 is 9.21 Å². The van der Waals surface area contributed by atoms with Gasteiger partial charge in [0.05, 0.1) is 17.1 Å². The minimum Gasteiger partial charge on any atom is -0.469 e. The van der Waals surface area contributed by atoms with Gasteiger partial charge < -0.3 is 15.1 Å². The topological polar surface area (TPSA) is 59.5 Å². The van der Waals surface area contributed by atoms with Crippen molar-refractivity contribution in [3.63, 3.8) is 0 Å². The summed E-state index contributed by atoms with van der Waals surface area (Å²) in [6.45, 7) is 2.06. The van der Waals surface area contributed by atoms with Crippen LogP contribution in [-0.4, -0.2) is 29.4 Å². The molecule has 1 amide bonds. The number of carbonyl (C=O) groups excluding carboxylic acids is 1. The van der Waals surface area contributed by atoms with Crippen molar-refractivity contribution in [3.8, 4) is 0 Å². The van der Waals surface area contributed by atoms with Crippen LogP contribution >= 0.6 is 12.2 Å². The summed E-state index contributed by atoms with van der Waals surface area (Å²) in [6, 6.07) is 1.68. The molecule has 0 radical (unpaired) electrons. The molecule has 0 atom stereocenters. The summed E-state index contributed by atoms with van der Waals surface area (Å²) in [5.74, 6) is 0.562. The number of thiocarbonyl (C=S) groups is 1. The van der Waals surface area contributed by atoms with E-state index in [9.17, 15) is 4.79 Å². The van der Waals surface area contributed by atoms with Crippen molar-refractivity contribution in [2.75, 3.05) is 13.6 Å². The number of carbonyl (C=O) groups is 1. The molecular weight excluding hydrogens is 200 g/mol. The largest absolute Gasteiger partial charge is 0.469 e. The van der Waals surface area contributed by atoms with E-state index >= 15 is 0 Å². The number of likely N-dealkylation sites (N-methyl/N-ethyl adjacent to an activating group) is 1. The predicted octanol–water partition coefficient (Wildman–Crippen LogP) is 0.946. The molecule has 1 rings (SSSR count). The molecule has 1 aromatic heterocycles. The number of hydrogen-bond acceptors (Lipinski definition) is 3. The Hall–Kier alpha value is -1.36. The number of rotatable bonds is 3. The molecule has 0 aliphatic rings. The molecule has 0 spiro atoms. The normalized spacial score (nSPS) is 9.86. The molecule has 0 aliphatic carbocycles. The van der Waals surface area contributed by atoms with Crippen LogP contribution in [0.15, 0.2) is 16.7 Å². The number of hydrogen-bond donors (Lipinski definition) is 1. The van der Waals surface area contributed by atoms with E-state index < -0.39 is 0 Å². The molecule has 0 fully saturated rings. The first-order valence-corrected chi connectivity index (χ1v) is 4.50. The van der Waals surface area contributed by atoms with Gasteiger partial charge in [-0.2, -0.15) is 0 Å². The van der Waals surface area contributed by atoms with Crippen LogP contribution in [0.2, 0.25) is 0 Å². The van der Waals surface area contributed by atoms with Gasteiger partial charge in [-0.05, 0) is 13.0 Å². The smallest absolute Gasteiger partial charge is 0.257 e. The Morgan fingerprint density at radius 1 is 1.71 bits per heavy atom. The molecule has 0 unspecified atom stereocenters. The highest BCUT2D eigenvalue weighted by atomic mass is 32.1. The molecule has 1 heterocycles. The lowest BCUT2D eigenvalue weighted by Gasteiger charge is -2.14. The fourth-order valence-corrected chi connectivity index (χ4v) is 1.28. The lowest BCUT2D eigenvalue weighted by atomic mass is 10.3. The van der Waals surface area contributed by atoms with Crippen LogP contribution in [0, 0.1) is 6.92 Å². The predicted molar refractivity (Wildman–Crippen MR) is 57.2 cm³/mol. The Morgan fingerprint density at radius 2 is 2.36 bits per heavy atom. The van der Waals surface area contributed by atoms with Gasteiger partial charge in [0.2, 0.25) is 0 Å². The third-order valence-corrected chi connectivity index (χ3v) is 1.85. The van der Waals surface area contributed by atoms with Crippen LogP contribution in [0.5, 0.6) is 0 Å². The van der Waals surface area contributed by atoms with Gasteiger partial charge in [0.1, 0.15) is 12.0 Å². The zero-order chi connectivity index (χ0) is 10.7. The van der Waals surface area contributed by atoms with E-state index in [2.05, 4.69) is 0 Å². The molecule has 0 aliphatic heterocycles. The summed E-state index contributed by atoms with van der Waals surface area (Å²) in [7, 11) is 1.64. The summed E-state index contributed by atoms with van der Waals surface area (Å²) in [5.41, 5.74) is 5.84. The highest BCUT2D eigenvalue weighted by molar-refractivity contribution is 7.80. The van der Waals surface area contributed by atoms with Crippen molar-refractivity contribution in [3.05, 3.63) is 23.7 Å². The summed E-state index contributed by atoms with van der Waals surface area (Å²) < 4.78 is 5.03. The second kappa shape index (κ2) is 4.23. The molecule has 0 bridgehead atoms. The van der Waals surface area contributed by atoms with E-state index in [1.54, 1.807) is 20.0 Å². The van der Waals surface area contributed by atoms with E-state index in [0.29, 0.717) is 16.3 Å². The summed E-state index contributed by atoms with van der Waals surface area (Å²) >= 11 is 4.71. The SMILES string of the molecule is Cc1cc(C(=O)N(C)CC(N)=S)co1. The molecule has 0 aromatic carbocycles. The maximum Gasteiger partial charge on any atom is 0.257 e. The van der Waals surface area contributed by atoms with Crippen molar-refractivity contribution in [2.24, 2.45) is 5.73 Å². The second-order valence-corrected chi connectivity index (χ2v) is 3.60. The molecule has 5 heteroatoms. The minimum atomic E-state index is -0.144. The molecule has 1 aromatic rings. The van der Waals surface area contributed by atoms with E-state index in [0.717, 1.165) is 0 Å². The van der Waals surface area contributed by atoms with Crippen molar-refractivity contribution in [1.29, 1.82) is 0 Å². The van der Waals surface area contributed by atoms with Crippen molar-refractivity contribution >= 4 is 23.1 Å². The van der Waals surface area contributed by atoms with Gasteiger partial charge in [0, 0.05) is 7.05 Å². The average molecular weight is 212 g/mol. The maximum absolute atomic E-state index is 11.6. The Labute approximate surface area is 87.7 Å². The van der Waals surface area contributed by atoms with Crippen LogP contribution in [-0.2, 0) is 0 Å². The lowest BCUT2D eigenvalue weighted by molar-refractivity contribution is 0.0814. The average Bonchev–Trinajstić information content (AvgIpc) is 2.49. The number of furan rings is 1. The maximum atomic E-state index is 11.6. The Kier molecular flexibility index (Phi) is 3.24. The van der Waals surface area contributed by atoms with E-state index in [1.165, 1.54) is 11.2 Å². The summed E-state index contributed by atoms with van der Waals surface area (Å²) in [5, 5.41) is 0. The lowest BCUT2D eigenvalue weighted by Crippen LogP contribution is -2.34. The molecule has 0 saturated heterocycles. The van der Waals surface area contributed by atoms with E-state index in [-0.39, 0.29) is 12.5 Å². The quantitative estimate of drug-likeness (QED) is 0.758. The Bertz CT molecular complexity index is 359. The van der Waals surface area contributed by atoms with Crippen LogP contribution in [0.4, 0.5) is 0 Å². The van der Waals surface area contributed by atoms with Gasteiger partial charge in [0.15, 0.2) is 0 Å². The third-order valence-electron chi connectivity index (χ3n) is 1.72. The molecule has 76 valence electrons. The number of nitrogens with zero attached hydrogens (tertiary/aromatic N) is 1. The first kappa shape index (κ1) is 10.7. The van der Waals surface area contributed by atoms with E-state index in [1.807, 2.05) is 0 Å². The van der Waals surface area contributed by atoms with E-state index in [4.69, 9.17) is 22.4 Å². The molecule has 14 heavy (non-hydrogen) atoms. The highest BCUT2D eigenvalue weighted by Crippen LogP contribution is 2.08. The summed E-state index contributed by atoms with van der Waals surface area (Å²) in [4.78, 5) is 13.4.